The summed E-state index contributed by atoms with van der Waals surface area (Å²) in [5.74, 6) is 0.889. The van der Waals surface area contributed by atoms with Crippen LogP contribution in [0.1, 0.15) is 34.1 Å². The molecule has 1 nitrogen and oxygen atoms in total. The summed E-state index contributed by atoms with van der Waals surface area (Å²) in [5, 5.41) is 0. The molecular weight excluding hydrogens is 296 g/mol. The molecule has 0 bridgehead atoms. The van der Waals surface area contributed by atoms with E-state index < -0.39 is 0 Å². The molecule has 0 aliphatic heterocycles. The third kappa shape index (κ3) is 2.72. The first-order valence-electron chi connectivity index (χ1n) is 3.21. The van der Waals surface area contributed by atoms with Gasteiger partial charge in [0, 0.05) is 28.2 Å². The largest absolute Gasteiger partial charge is 0.379 e. The fourth-order valence-corrected chi connectivity index (χ4v) is 1.58. The van der Waals surface area contributed by atoms with Gasteiger partial charge in [-0.1, -0.05) is 14.4 Å². The molecule has 0 N–H and O–H groups in total. The summed E-state index contributed by atoms with van der Waals surface area (Å²) in [7, 11) is 1.80. The van der Waals surface area contributed by atoms with E-state index in [0.717, 1.165) is 5.92 Å². The molecule has 0 aromatic rings. The molecule has 1 saturated carbocycles. The normalized spacial score (nSPS) is 36.9. The van der Waals surface area contributed by atoms with Gasteiger partial charge in [0.2, 0.25) is 0 Å². The molecule has 0 unspecified atom stereocenters. The summed E-state index contributed by atoms with van der Waals surface area (Å²) in [5.41, 5.74) is 0.236. The van der Waals surface area contributed by atoms with Crippen molar-refractivity contribution in [3.63, 3.8) is 0 Å². The van der Waals surface area contributed by atoms with Crippen LogP contribution < -0.4 is 0 Å². The zero-order chi connectivity index (χ0) is 6.20. The standard InChI is InChI=1S/C7H14O.CH4.W/c1-6-4-7(2,5-6)8-3;;/h6H,4-5H2,1-3H3;1H4;. The number of rotatable bonds is 1. The van der Waals surface area contributed by atoms with E-state index in [0.29, 0.717) is 0 Å². The van der Waals surface area contributed by atoms with Crippen LogP contribution in [0.5, 0.6) is 0 Å². The zero-order valence-electron chi connectivity index (χ0n) is 6.31. The first kappa shape index (κ1) is 13.3. The SMILES string of the molecule is C.COC1(C)CC(C)C1.[W]. The Hall–Kier alpha value is 0.648. The molecule has 1 rings (SSSR count). The molecule has 1 fully saturated rings. The molecule has 0 aromatic heterocycles. The third-order valence-electron chi connectivity index (χ3n) is 2.05. The van der Waals surface area contributed by atoms with E-state index >= 15 is 0 Å². The minimum Gasteiger partial charge on any atom is -0.379 e. The van der Waals surface area contributed by atoms with Gasteiger partial charge in [0.05, 0.1) is 5.60 Å². The van der Waals surface area contributed by atoms with Crippen LogP contribution in [0.25, 0.3) is 0 Å². The second-order valence-corrected chi connectivity index (χ2v) is 3.17. The van der Waals surface area contributed by atoms with Gasteiger partial charge in [0.1, 0.15) is 0 Å². The summed E-state index contributed by atoms with van der Waals surface area (Å²) in [6, 6.07) is 0. The Morgan fingerprint density at radius 2 is 1.80 bits per heavy atom. The minimum absolute atomic E-state index is 0. The molecule has 1 aliphatic rings. The molecular formula is C8H18OW. The van der Waals surface area contributed by atoms with Crippen LogP contribution in [-0.4, -0.2) is 12.7 Å². The first-order chi connectivity index (χ1) is 3.66. The molecule has 0 heterocycles. The molecule has 0 saturated heterocycles. The summed E-state index contributed by atoms with van der Waals surface area (Å²) >= 11 is 0. The van der Waals surface area contributed by atoms with Gasteiger partial charge < -0.3 is 4.74 Å². The maximum absolute atomic E-state index is 5.24. The Kier molecular flexibility index (Phi) is 5.98. The van der Waals surface area contributed by atoms with E-state index in [1.54, 1.807) is 7.11 Å². The van der Waals surface area contributed by atoms with Crippen molar-refractivity contribution in [3.05, 3.63) is 0 Å². The van der Waals surface area contributed by atoms with Crippen molar-refractivity contribution < 1.29 is 25.8 Å². The molecule has 0 aromatic carbocycles. The van der Waals surface area contributed by atoms with Gasteiger partial charge in [-0.2, -0.15) is 0 Å². The molecule has 1 aliphatic carbocycles. The second kappa shape index (κ2) is 4.51. The van der Waals surface area contributed by atoms with Crippen LogP contribution in [0.15, 0.2) is 0 Å². The van der Waals surface area contributed by atoms with Crippen LogP contribution >= 0.6 is 0 Å². The van der Waals surface area contributed by atoms with Gasteiger partial charge in [0.25, 0.3) is 0 Å². The van der Waals surface area contributed by atoms with Crippen LogP contribution in [0, 0.1) is 5.92 Å². The van der Waals surface area contributed by atoms with E-state index in [1.165, 1.54) is 12.8 Å². The number of hydrogen-bond acceptors (Lipinski definition) is 1. The second-order valence-electron chi connectivity index (χ2n) is 3.17. The molecule has 0 atom stereocenters. The zero-order valence-corrected chi connectivity index (χ0v) is 9.24. The van der Waals surface area contributed by atoms with Crippen molar-refractivity contribution in [2.75, 3.05) is 7.11 Å². The Labute approximate surface area is 78.8 Å². The van der Waals surface area contributed by atoms with Gasteiger partial charge in [0.15, 0.2) is 0 Å². The quantitative estimate of drug-likeness (QED) is 0.722. The van der Waals surface area contributed by atoms with Crippen LogP contribution in [0.2, 0.25) is 0 Å². The monoisotopic (exact) mass is 314 g/mol. The fourth-order valence-electron chi connectivity index (χ4n) is 1.58. The van der Waals surface area contributed by atoms with Crippen molar-refractivity contribution in [1.82, 2.24) is 0 Å². The van der Waals surface area contributed by atoms with E-state index in [9.17, 15) is 0 Å². The molecule has 10 heavy (non-hydrogen) atoms. The Morgan fingerprint density at radius 3 is 1.90 bits per heavy atom. The first-order valence-corrected chi connectivity index (χ1v) is 3.21. The predicted molar refractivity (Wildman–Crippen MR) is 40.5 cm³/mol. The van der Waals surface area contributed by atoms with Gasteiger partial charge in [-0.05, 0) is 25.7 Å². The van der Waals surface area contributed by atoms with E-state index in [4.69, 9.17) is 4.74 Å². The summed E-state index contributed by atoms with van der Waals surface area (Å²) in [6.45, 7) is 4.44. The molecule has 0 amide bonds. The molecule has 62 valence electrons. The number of hydrogen-bond donors (Lipinski definition) is 0. The number of ether oxygens (including phenoxy) is 1. The van der Waals surface area contributed by atoms with Crippen LogP contribution in [-0.2, 0) is 25.8 Å². The van der Waals surface area contributed by atoms with Crippen molar-refractivity contribution in [3.8, 4) is 0 Å². The minimum atomic E-state index is 0. The summed E-state index contributed by atoms with van der Waals surface area (Å²) < 4.78 is 5.24. The van der Waals surface area contributed by atoms with Crippen molar-refractivity contribution in [1.29, 1.82) is 0 Å². The average molecular weight is 314 g/mol. The van der Waals surface area contributed by atoms with Crippen molar-refractivity contribution >= 4 is 0 Å². The number of methoxy groups -OCH3 is 1. The Balaban J connectivity index is 0. The third-order valence-corrected chi connectivity index (χ3v) is 2.05. The molecule has 2 heteroatoms. The van der Waals surface area contributed by atoms with Gasteiger partial charge in [-0.15, -0.1) is 0 Å². The van der Waals surface area contributed by atoms with Gasteiger partial charge in [-0.25, -0.2) is 0 Å². The molecule has 0 radical (unpaired) electrons. The summed E-state index contributed by atoms with van der Waals surface area (Å²) in [6.07, 6.45) is 2.48. The summed E-state index contributed by atoms with van der Waals surface area (Å²) in [4.78, 5) is 0. The Bertz CT molecular complexity index is 87.3. The van der Waals surface area contributed by atoms with Gasteiger partial charge in [-0.3, -0.25) is 0 Å². The average Bonchev–Trinajstić information content (AvgIpc) is 1.63. The van der Waals surface area contributed by atoms with Gasteiger partial charge >= 0.3 is 0 Å². The van der Waals surface area contributed by atoms with E-state index in [2.05, 4.69) is 13.8 Å². The topological polar surface area (TPSA) is 9.23 Å². The van der Waals surface area contributed by atoms with Crippen LogP contribution in [0.4, 0.5) is 0 Å². The smallest absolute Gasteiger partial charge is 0.0655 e. The van der Waals surface area contributed by atoms with Crippen LogP contribution in [0.3, 0.4) is 0 Å². The van der Waals surface area contributed by atoms with Crippen molar-refractivity contribution in [2.45, 2.75) is 39.7 Å². The van der Waals surface area contributed by atoms with E-state index in [-0.39, 0.29) is 34.1 Å². The maximum atomic E-state index is 5.24. The molecule has 0 spiro atoms. The van der Waals surface area contributed by atoms with E-state index in [1.807, 2.05) is 0 Å². The maximum Gasteiger partial charge on any atom is 0.0655 e. The predicted octanol–water partition coefficient (Wildman–Crippen LogP) is 2.46. The fraction of sp³-hybridized carbons (Fsp3) is 1.00. The van der Waals surface area contributed by atoms with Crippen molar-refractivity contribution in [2.24, 2.45) is 5.92 Å². The Morgan fingerprint density at radius 1 is 1.40 bits per heavy atom.